The lowest BCUT2D eigenvalue weighted by Crippen LogP contribution is -2.32. The fourth-order valence-electron chi connectivity index (χ4n) is 1.72. The van der Waals surface area contributed by atoms with Gasteiger partial charge >= 0.3 is 5.97 Å². The van der Waals surface area contributed by atoms with Crippen LogP contribution in [0.4, 0.5) is 5.69 Å². The van der Waals surface area contributed by atoms with Crippen molar-refractivity contribution in [1.29, 1.82) is 0 Å². The van der Waals surface area contributed by atoms with Crippen LogP contribution in [-0.2, 0) is 14.3 Å². The Morgan fingerprint density at radius 3 is 2.22 bits per heavy atom. The number of ether oxygens (including phenoxy) is 1. The highest BCUT2D eigenvalue weighted by atomic mass is 35.5. The Labute approximate surface area is 114 Å². The molecule has 1 amide bonds. The van der Waals surface area contributed by atoms with E-state index < -0.39 is 11.4 Å². The van der Waals surface area contributed by atoms with E-state index in [-0.39, 0.29) is 5.91 Å². The van der Waals surface area contributed by atoms with Gasteiger partial charge in [0, 0.05) is 15.7 Å². The van der Waals surface area contributed by atoms with Crippen molar-refractivity contribution in [3.05, 3.63) is 28.2 Å². The van der Waals surface area contributed by atoms with Crippen LogP contribution >= 0.6 is 23.2 Å². The SMILES string of the molecule is COC(=O)C1(C(=O)Nc2cc(Cl)cc(Cl)c2)CC1. The average molecular weight is 288 g/mol. The number of amides is 1. The third kappa shape index (κ3) is 2.44. The third-order valence-electron chi connectivity index (χ3n) is 2.88. The summed E-state index contributed by atoms with van der Waals surface area (Å²) in [6.45, 7) is 0. The highest BCUT2D eigenvalue weighted by molar-refractivity contribution is 6.35. The maximum Gasteiger partial charge on any atom is 0.321 e. The Kier molecular flexibility index (Phi) is 3.50. The van der Waals surface area contributed by atoms with Crippen LogP contribution in [0, 0.1) is 5.41 Å². The van der Waals surface area contributed by atoms with Crippen molar-refractivity contribution in [2.75, 3.05) is 12.4 Å². The number of hydrogen-bond acceptors (Lipinski definition) is 3. The lowest BCUT2D eigenvalue weighted by molar-refractivity contribution is -0.150. The molecule has 0 saturated heterocycles. The fraction of sp³-hybridized carbons (Fsp3) is 0.333. The maximum absolute atomic E-state index is 12.0. The van der Waals surface area contributed by atoms with Crippen LogP contribution in [0.2, 0.25) is 10.0 Å². The van der Waals surface area contributed by atoms with Gasteiger partial charge in [0.1, 0.15) is 5.41 Å². The fourth-order valence-corrected chi connectivity index (χ4v) is 2.25. The summed E-state index contributed by atoms with van der Waals surface area (Å²) in [7, 11) is 1.27. The maximum atomic E-state index is 12.0. The van der Waals surface area contributed by atoms with Crippen molar-refractivity contribution < 1.29 is 14.3 Å². The second-order valence-corrected chi connectivity index (χ2v) is 5.06. The summed E-state index contributed by atoms with van der Waals surface area (Å²) in [5, 5.41) is 3.47. The number of benzene rings is 1. The molecule has 0 radical (unpaired) electrons. The van der Waals surface area contributed by atoms with Gasteiger partial charge < -0.3 is 10.1 Å². The predicted octanol–water partition coefficient (Wildman–Crippen LogP) is 2.89. The van der Waals surface area contributed by atoms with Crippen LogP contribution in [0.15, 0.2) is 18.2 Å². The van der Waals surface area contributed by atoms with Gasteiger partial charge in [-0.1, -0.05) is 23.2 Å². The molecule has 1 aliphatic rings. The number of methoxy groups -OCH3 is 1. The van der Waals surface area contributed by atoms with Crippen LogP contribution < -0.4 is 5.32 Å². The normalized spacial score (nSPS) is 15.9. The molecule has 1 aromatic rings. The molecule has 0 aromatic heterocycles. The van der Waals surface area contributed by atoms with Gasteiger partial charge in [0.05, 0.1) is 7.11 Å². The molecule has 1 aliphatic carbocycles. The molecule has 0 bridgehead atoms. The monoisotopic (exact) mass is 287 g/mol. The van der Waals surface area contributed by atoms with Gasteiger partial charge in [-0.2, -0.15) is 0 Å². The van der Waals surface area contributed by atoms with E-state index in [1.165, 1.54) is 7.11 Å². The van der Waals surface area contributed by atoms with E-state index in [9.17, 15) is 9.59 Å². The highest BCUT2D eigenvalue weighted by Gasteiger charge is 2.57. The Morgan fingerprint density at radius 2 is 1.78 bits per heavy atom. The summed E-state index contributed by atoms with van der Waals surface area (Å²) >= 11 is 11.7. The van der Waals surface area contributed by atoms with Crippen molar-refractivity contribution >= 4 is 40.8 Å². The molecule has 1 aromatic carbocycles. The first kappa shape index (κ1) is 13.2. The molecule has 1 N–H and O–H groups in total. The first-order chi connectivity index (χ1) is 8.48. The van der Waals surface area contributed by atoms with Crippen LogP contribution in [0.1, 0.15) is 12.8 Å². The second kappa shape index (κ2) is 4.78. The summed E-state index contributed by atoms with van der Waals surface area (Å²) in [6.07, 6.45) is 1.000. The van der Waals surface area contributed by atoms with Gasteiger partial charge in [0.15, 0.2) is 0 Å². The van der Waals surface area contributed by atoms with Gasteiger partial charge in [-0.15, -0.1) is 0 Å². The van der Waals surface area contributed by atoms with E-state index >= 15 is 0 Å². The quantitative estimate of drug-likeness (QED) is 0.687. The molecule has 0 spiro atoms. The number of nitrogens with one attached hydrogen (secondary N) is 1. The molecule has 18 heavy (non-hydrogen) atoms. The van der Waals surface area contributed by atoms with Crippen molar-refractivity contribution in [2.24, 2.45) is 5.41 Å². The topological polar surface area (TPSA) is 55.4 Å². The molecular weight excluding hydrogens is 277 g/mol. The molecule has 6 heteroatoms. The van der Waals surface area contributed by atoms with Gasteiger partial charge in [-0.05, 0) is 31.0 Å². The number of carbonyl (C=O) groups is 2. The number of carbonyl (C=O) groups excluding carboxylic acids is 2. The van der Waals surface area contributed by atoms with Gasteiger partial charge in [-0.3, -0.25) is 9.59 Å². The van der Waals surface area contributed by atoms with Crippen LogP contribution in [-0.4, -0.2) is 19.0 Å². The lowest BCUT2D eigenvalue weighted by Gasteiger charge is -2.13. The molecule has 2 rings (SSSR count). The number of hydrogen-bond donors (Lipinski definition) is 1. The summed E-state index contributed by atoms with van der Waals surface area (Å²) in [6, 6.07) is 4.70. The Balaban J connectivity index is 2.15. The van der Waals surface area contributed by atoms with Crippen molar-refractivity contribution in [3.63, 3.8) is 0 Å². The zero-order valence-electron chi connectivity index (χ0n) is 9.63. The first-order valence-corrected chi connectivity index (χ1v) is 6.09. The van der Waals surface area contributed by atoms with Crippen molar-refractivity contribution in [1.82, 2.24) is 0 Å². The molecule has 96 valence electrons. The summed E-state index contributed by atoms with van der Waals surface area (Å²) in [4.78, 5) is 23.5. The van der Waals surface area contributed by atoms with Crippen LogP contribution in [0.5, 0.6) is 0 Å². The highest BCUT2D eigenvalue weighted by Crippen LogP contribution is 2.47. The van der Waals surface area contributed by atoms with Gasteiger partial charge in [-0.25, -0.2) is 0 Å². The molecule has 0 aliphatic heterocycles. The average Bonchev–Trinajstić information content (AvgIpc) is 3.07. The number of anilines is 1. The minimum atomic E-state index is -1.04. The van der Waals surface area contributed by atoms with Gasteiger partial charge in [0.25, 0.3) is 0 Å². The largest absolute Gasteiger partial charge is 0.468 e. The molecule has 1 fully saturated rings. The zero-order chi connectivity index (χ0) is 13.3. The molecule has 0 heterocycles. The smallest absolute Gasteiger partial charge is 0.321 e. The minimum Gasteiger partial charge on any atom is -0.468 e. The number of esters is 1. The zero-order valence-corrected chi connectivity index (χ0v) is 11.1. The molecule has 0 atom stereocenters. The number of halogens is 2. The van der Waals surface area contributed by atoms with E-state index in [4.69, 9.17) is 23.2 Å². The van der Waals surface area contributed by atoms with Crippen molar-refractivity contribution in [3.8, 4) is 0 Å². The first-order valence-electron chi connectivity index (χ1n) is 5.34. The van der Waals surface area contributed by atoms with Crippen LogP contribution in [0.3, 0.4) is 0 Å². The van der Waals surface area contributed by atoms with Gasteiger partial charge in [0.2, 0.25) is 5.91 Å². The summed E-state index contributed by atoms with van der Waals surface area (Å²) in [5.41, 5.74) is -0.573. The Morgan fingerprint density at radius 1 is 1.22 bits per heavy atom. The lowest BCUT2D eigenvalue weighted by atomic mass is 10.1. The van der Waals surface area contributed by atoms with Crippen LogP contribution in [0.25, 0.3) is 0 Å². The standard InChI is InChI=1S/C12H11Cl2NO3/c1-18-11(17)12(2-3-12)10(16)15-9-5-7(13)4-8(14)6-9/h4-6H,2-3H2,1H3,(H,15,16). The van der Waals surface area contributed by atoms with E-state index in [0.717, 1.165) is 0 Å². The molecule has 4 nitrogen and oxygen atoms in total. The molecule has 0 unspecified atom stereocenters. The van der Waals surface area contributed by atoms with E-state index in [0.29, 0.717) is 28.6 Å². The van der Waals surface area contributed by atoms with Crippen molar-refractivity contribution in [2.45, 2.75) is 12.8 Å². The van der Waals surface area contributed by atoms with E-state index in [1.807, 2.05) is 0 Å². The third-order valence-corrected chi connectivity index (χ3v) is 3.32. The molecular formula is C12H11Cl2NO3. The summed E-state index contributed by atoms with van der Waals surface area (Å²) < 4.78 is 4.63. The second-order valence-electron chi connectivity index (χ2n) is 4.19. The Hall–Kier alpha value is -1.26. The van der Waals surface area contributed by atoms with E-state index in [2.05, 4.69) is 10.1 Å². The Bertz CT molecular complexity index is 492. The van der Waals surface area contributed by atoms with E-state index in [1.54, 1.807) is 18.2 Å². The predicted molar refractivity (Wildman–Crippen MR) is 68.8 cm³/mol. The number of rotatable bonds is 3. The summed E-state index contributed by atoms with van der Waals surface area (Å²) in [5.74, 6) is -0.888. The minimum absolute atomic E-state index is 0.382. The molecule has 1 saturated carbocycles.